The summed E-state index contributed by atoms with van der Waals surface area (Å²) in [6.45, 7) is 0. The predicted octanol–water partition coefficient (Wildman–Crippen LogP) is 13.5. The summed E-state index contributed by atoms with van der Waals surface area (Å²) in [4.78, 5) is 10.6. The summed E-state index contributed by atoms with van der Waals surface area (Å²) in [5.41, 5.74) is 12.9. The van der Waals surface area contributed by atoms with Gasteiger partial charge >= 0.3 is 0 Å². The molecule has 0 aliphatic carbocycles. The normalized spacial score (nSPS) is 12.3. The maximum Gasteiger partial charge on any atom is 0.0979 e. The molecule has 13 aromatic rings. The number of nitrogens with zero attached hydrogens (tertiary/aromatic N) is 4. The van der Waals surface area contributed by atoms with Gasteiger partial charge in [-0.3, -0.25) is 0 Å². The van der Waals surface area contributed by atoms with E-state index >= 15 is 0 Å². The van der Waals surface area contributed by atoms with Crippen LogP contribution in [-0.4, -0.2) is 18.9 Å². The first kappa shape index (κ1) is 29.8. The van der Waals surface area contributed by atoms with Crippen LogP contribution < -0.4 is 0 Å². The highest BCUT2D eigenvalue weighted by Crippen LogP contribution is 2.48. The van der Waals surface area contributed by atoms with Crippen LogP contribution in [0.3, 0.4) is 0 Å². The van der Waals surface area contributed by atoms with Gasteiger partial charge in [0.25, 0.3) is 0 Å². The fraction of sp³-hybridized carbons (Fsp3) is 0. The zero-order valence-corrected chi connectivity index (χ0v) is 30.1. The third kappa shape index (κ3) is 3.92. The summed E-state index contributed by atoms with van der Waals surface area (Å²) in [6.07, 6.45) is 0. The molecule has 0 radical (unpaired) electrons. The molecule has 9 aromatic carbocycles. The number of fused-ring (bicyclic) bond motifs is 14. The third-order valence-electron chi connectivity index (χ3n) is 12.0. The van der Waals surface area contributed by atoms with Crippen molar-refractivity contribution in [1.82, 2.24) is 18.9 Å². The molecule has 0 unspecified atom stereocenters. The van der Waals surface area contributed by atoms with Crippen LogP contribution in [0.5, 0.6) is 0 Å². The van der Waals surface area contributed by atoms with Crippen LogP contribution in [0.1, 0.15) is 0 Å². The van der Waals surface area contributed by atoms with E-state index in [1.807, 2.05) is 18.2 Å². The molecule has 4 heterocycles. The molecule has 13 rings (SSSR count). The Bertz CT molecular complexity index is 3750. The number of hydrogen-bond donors (Lipinski definition) is 0. The Balaban J connectivity index is 1.10. The summed E-state index contributed by atoms with van der Waals surface area (Å²) in [7, 11) is 0. The maximum atomic E-state index is 5.28. The fourth-order valence-corrected chi connectivity index (χ4v) is 9.64. The highest BCUT2D eigenvalue weighted by atomic mass is 15.0. The Morgan fingerprint density at radius 1 is 0.357 bits per heavy atom. The van der Waals surface area contributed by atoms with Gasteiger partial charge in [0.05, 0.1) is 50.0 Å². The lowest BCUT2D eigenvalue weighted by atomic mass is 9.98. The largest absolute Gasteiger partial charge is 0.309 e. The Kier molecular flexibility index (Phi) is 5.86. The summed E-state index contributed by atoms with van der Waals surface area (Å²) in [5, 5.41) is 12.6. The molecule has 258 valence electrons. The topological polar surface area (TPSA) is 35.1 Å². The molecular formula is C52H30N4. The quantitative estimate of drug-likeness (QED) is 0.183. The van der Waals surface area contributed by atoms with E-state index in [0.717, 1.165) is 44.6 Å². The zero-order chi connectivity index (χ0) is 36.5. The predicted molar refractivity (Wildman–Crippen MR) is 234 cm³/mol. The molecule has 0 saturated carbocycles. The van der Waals surface area contributed by atoms with Gasteiger partial charge in [0.2, 0.25) is 0 Å². The molecule has 0 amide bonds. The van der Waals surface area contributed by atoms with Crippen molar-refractivity contribution in [3.8, 4) is 28.2 Å². The molecular weight excluding hydrogens is 681 g/mol. The lowest BCUT2D eigenvalue weighted by Crippen LogP contribution is -1.97. The van der Waals surface area contributed by atoms with Gasteiger partial charge in [-0.2, -0.15) is 0 Å². The van der Waals surface area contributed by atoms with Gasteiger partial charge in [0.15, 0.2) is 0 Å². The number of benzene rings is 9. The van der Waals surface area contributed by atoms with E-state index in [4.69, 9.17) is 9.97 Å². The van der Waals surface area contributed by atoms with E-state index in [9.17, 15) is 0 Å². The number of rotatable bonds is 3. The highest BCUT2D eigenvalue weighted by Gasteiger charge is 2.25. The van der Waals surface area contributed by atoms with E-state index in [2.05, 4.69) is 173 Å². The maximum absolute atomic E-state index is 5.28. The Labute approximate surface area is 320 Å². The molecule has 0 atom stereocenters. The Hall–Kier alpha value is -7.56. The molecule has 0 spiro atoms. The first-order valence-electron chi connectivity index (χ1n) is 19.2. The van der Waals surface area contributed by atoms with Crippen molar-refractivity contribution < 1.29 is 0 Å². The van der Waals surface area contributed by atoms with Crippen LogP contribution in [0.2, 0.25) is 0 Å². The van der Waals surface area contributed by atoms with Gasteiger partial charge in [-0.1, -0.05) is 133 Å². The average Bonchev–Trinajstić information content (AvgIpc) is 3.90. The molecule has 0 aliphatic rings. The summed E-state index contributed by atoms with van der Waals surface area (Å²) < 4.78 is 4.96. The SMILES string of the molecule is c1ccc2c(-c3nc4ccccc4nc3-c3ccc(-n4c5ccccc5c5c6c7c8ccccc8ccc7n7c8ccccc8c(cc54)c67)cc3)cccc2c1. The van der Waals surface area contributed by atoms with Gasteiger partial charge < -0.3 is 8.97 Å². The van der Waals surface area contributed by atoms with E-state index < -0.39 is 0 Å². The van der Waals surface area contributed by atoms with E-state index in [1.165, 1.54) is 76.1 Å². The molecule has 0 N–H and O–H groups in total. The van der Waals surface area contributed by atoms with Crippen LogP contribution >= 0.6 is 0 Å². The third-order valence-corrected chi connectivity index (χ3v) is 12.0. The van der Waals surface area contributed by atoms with Gasteiger partial charge in [-0.05, 0) is 70.1 Å². The minimum Gasteiger partial charge on any atom is -0.309 e. The Morgan fingerprint density at radius 2 is 0.964 bits per heavy atom. The molecule has 0 aliphatic heterocycles. The Morgan fingerprint density at radius 3 is 1.77 bits per heavy atom. The smallest absolute Gasteiger partial charge is 0.0979 e. The molecule has 0 fully saturated rings. The minimum absolute atomic E-state index is 0.875. The zero-order valence-electron chi connectivity index (χ0n) is 30.1. The van der Waals surface area contributed by atoms with Crippen molar-refractivity contribution in [3.05, 3.63) is 182 Å². The second-order valence-corrected chi connectivity index (χ2v) is 14.9. The van der Waals surface area contributed by atoms with E-state index in [-0.39, 0.29) is 0 Å². The second-order valence-electron chi connectivity index (χ2n) is 14.9. The van der Waals surface area contributed by atoms with Gasteiger partial charge in [0.1, 0.15) is 0 Å². The molecule has 56 heavy (non-hydrogen) atoms. The van der Waals surface area contributed by atoms with Crippen LogP contribution in [0, 0.1) is 0 Å². The first-order chi connectivity index (χ1) is 27.8. The van der Waals surface area contributed by atoms with Crippen LogP contribution in [0.25, 0.3) is 121 Å². The summed E-state index contributed by atoms with van der Waals surface area (Å²) in [5.74, 6) is 0. The first-order valence-corrected chi connectivity index (χ1v) is 19.2. The van der Waals surface area contributed by atoms with Crippen molar-refractivity contribution >= 4 is 92.5 Å². The van der Waals surface area contributed by atoms with Crippen LogP contribution in [-0.2, 0) is 0 Å². The van der Waals surface area contributed by atoms with Gasteiger partial charge in [-0.25, -0.2) is 9.97 Å². The fourth-order valence-electron chi connectivity index (χ4n) is 9.64. The lowest BCUT2D eigenvalue weighted by molar-refractivity contribution is 1.18. The molecule has 4 nitrogen and oxygen atoms in total. The summed E-state index contributed by atoms with van der Waals surface area (Å²) in [6, 6.07) is 65.7. The number of aromatic nitrogens is 4. The summed E-state index contributed by atoms with van der Waals surface area (Å²) >= 11 is 0. The van der Waals surface area contributed by atoms with E-state index in [0.29, 0.717) is 0 Å². The number of hydrogen-bond acceptors (Lipinski definition) is 2. The van der Waals surface area contributed by atoms with Crippen molar-refractivity contribution in [1.29, 1.82) is 0 Å². The number of para-hydroxylation sites is 4. The van der Waals surface area contributed by atoms with Crippen molar-refractivity contribution in [2.75, 3.05) is 0 Å². The van der Waals surface area contributed by atoms with E-state index in [1.54, 1.807) is 0 Å². The molecule has 0 bridgehead atoms. The second kappa shape index (κ2) is 11.0. The van der Waals surface area contributed by atoms with Crippen molar-refractivity contribution in [2.45, 2.75) is 0 Å². The average molecular weight is 711 g/mol. The minimum atomic E-state index is 0.875. The monoisotopic (exact) mass is 710 g/mol. The standard InChI is InChI=1S/C52H30N4/c1-3-15-35-31(12-1)14-11-19-38(35)51-50(53-41-20-7-8-21-42(41)54-51)33-24-27-34(28-25-33)55-44-23-10-6-18-39(44)48-46(55)30-40-37-17-5-9-22-43(37)56-45-29-26-32-13-2-4-16-36(32)47(45)49(48)52(40)56/h1-30H. The molecule has 0 saturated heterocycles. The van der Waals surface area contributed by atoms with Crippen LogP contribution in [0.4, 0.5) is 0 Å². The lowest BCUT2D eigenvalue weighted by Gasteiger charge is -2.14. The molecule has 4 heteroatoms. The van der Waals surface area contributed by atoms with Crippen molar-refractivity contribution in [2.24, 2.45) is 0 Å². The highest BCUT2D eigenvalue weighted by molar-refractivity contribution is 6.38. The molecule has 4 aromatic heterocycles. The van der Waals surface area contributed by atoms with Crippen molar-refractivity contribution in [3.63, 3.8) is 0 Å². The van der Waals surface area contributed by atoms with Crippen LogP contribution in [0.15, 0.2) is 182 Å². The van der Waals surface area contributed by atoms with Gasteiger partial charge in [-0.15, -0.1) is 0 Å². The van der Waals surface area contributed by atoms with Gasteiger partial charge in [0, 0.05) is 49.1 Å².